The molecule has 0 bridgehead atoms. The predicted molar refractivity (Wildman–Crippen MR) is 55.8 cm³/mol. The highest BCUT2D eigenvalue weighted by molar-refractivity contribution is 5.23. The first-order chi connectivity index (χ1) is 6.22. The highest BCUT2D eigenvalue weighted by atomic mass is 16.2. The molecule has 1 aromatic rings. The van der Waals surface area contributed by atoms with Gasteiger partial charge in [-0.2, -0.15) is 0 Å². The van der Waals surface area contributed by atoms with Gasteiger partial charge in [0, 0.05) is 6.61 Å². The van der Waals surface area contributed by atoms with Crippen LogP contribution in [-0.4, -0.2) is 11.7 Å². The fourth-order valence-electron chi connectivity index (χ4n) is 1.51. The third kappa shape index (κ3) is 3.60. The van der Waals surface area contributed by atoms with E-state index in [1.54, 1.807) is 0 Å². The summed E-state index contributed by atoms with van der Waals surface area (Å²) in [5.74, 6) is 0.698. The molecule has 0 aliphatic rings. The van der Waals surface area contributed by atoms with Crippen LogP contribution in [0.15, 0.2) is 24.3 Å². The zero-order valence-corrected chi connectivity index (χ0v) is 8.46. The van der Waals surface area contributed by atoms with Crippen molar-refractivity contribution in [1.82, 2.24) is 0 Å². The standard InChI is InChI=1S/C12H18O/c1-10(2)8-12-5-3-4-11(9-12)6-7-13/h3-5,9-10,13H,6-8H2,1-2H3. The lowest BCUT2D eigenvalue weighted by Gasteiger charge is -2.06. The summed E-state index contributed by atoms with van der Waals surface area (Å²) >= 11 is 0. The Kier molecular flexibility index (Phi) is 3.97. The zero-order chi connectivity index (χ0) is 9.68. The number of hydrogen-bond acceptors (Lipinski definition) is 1. The van der Waals surface area contributed by atoms with E-state index < -0.39 is 0 Å². The van der Waals surface area contributed by atoms with Crippen LogP contribution in [-0.2, 0) is 12.8 Å². The van der Waals surface area contributed by atoms with Gasteiger partial charge >= 0.3 is 0 Å². The third-order valence-corrected chi connectivity index (χ3v) is 2.04. The highest BCUT2D eigenvalue weighted by Gasteiger charge is 1.98. The number of rotatable bonds is 4. The van der Waals surface area contributed by atoms with Crippen molar-refractivity contribution in [3.05, 3.63) is 35.4 Å². The van der Waals surface area contributed by atoms with Crippen molar-refractivity contribution in [1.29, 1.82) is 0 Å². The van der Waals surface area contributed by atoms with Crippen molar-refractivity contribution in [3.8, 4) is 0 Å². The Bertz CT molecular complexity index is 253. The van der Waals surface area contributed by atoms with Crippen LogP contribution in [0.2, 0.25) is 0 Å². The summed E-state index contributed by atoms with van der Waals surface area (Å²) in [5.41, 5.74) is 2.61. The Labute approximate surface area is 80.4 Å². The van der Waals surface area contributed by atoms with Gasteiger partial charge in [0.1, 0.15) is 0 Å². The van der Waals surface area contributed by atoms with Gasteiger partial charge in [-0.05, 0) is 29.9 Å². The van der Waals surface area contributed by atoms with Crippen molar-refractivity contribution >= 4 is 0 Å². The van der Waals surface area contributed by atoms with E-state index in [4.69, 9.17) is 5.11 Å². The minimum absolute atomic E-state index is 0.241. The molecule has 0 aliphatic carbocycles. The van der Waals surface area contributed by atoms with Gasteiger partial charge < -0.3 is 5.11 Å². The normalized spacial score (nSPS) is 10.8. The van der Waals surface area contributed by atoms with Crippen LogP contribution in [0, 0.1) is 5.92 Å². The fourth-order valence-corrected chi connectivity index (χ4v) is 1.51. The maximum Gasteiger partial charge on any atom is 0.0471 e. The van der Waals surface area contributed by atoms with Crippen LogP contribution in [0.4, 0.5) is 0 Å². The van der Waals surface area contributed by atoms with Crippen LogP contribution >= 0.6 is 0 Å². The molecule has 0 amide bonds. The third-order valence-electron chi connectivity index (χ3n) is 2.04. The lowest BCUT2D eigenvalue weighted by Crippen LogP contribution is -1.96. The molecule has 0 atom stereocenters. The quantitative estimate of drug-likeness (QED) is 0.750. The average molecular weight is 178 g/mol. The molecule has 0 spiro atoms. The van der Waals surface area contributed by atoms with Gasteiger partial charge in [0.05, 0.1) is 0 Å². The largest absolute Gasteiger partial charge is 0.396 e. The molecule has 0 aliphatic heterocycles. The van der Waals surface area contributed by atoms with Gasteiger partial charge in [-0.15, -0.1) is 0 Å². The van der Waals surface area contributed by atoms with E-state index in [1.165, 1.54) is 11.1 Å². The summed E-state index contributed by atoms with van der Waals surface area (Å²) in [6, 6.07) is 8.49. The van der Waals surface area contributed by atoms with Gasteiger partial charge in [0.2, 0.25) is 0 Å². The molecule has 0 radical (unpaired) electrons. The second-order valence-corrected chi connectivity index (χ2v) is 3.89. The molecule has 72 valence electrons. The summed E-state index contributed by atoms with van der Waals surface area (Å²) < 4.78 is 0. The number of aliphatic hydroxyl groups is 1. The van der Waals surface area contributed by atoms with Crippen molar-refractivity contribution in [2.45, 2.75) is 26.7 Å². The molecular formula is C12H18O. The van der Waals surface area contributed by atoms with E-state index in [0.717, 1.165) is 12.8 Å². The average Bonchev–Trinajstić information content (AvgIpc) is 2.04. The summed E-state index contributed by atoms with van der Waals surface area (Å²) in [7, 11) is 0. The SMILES string of the molecule is CC(C)Cc1cccc(CCO)c1. The summed E-state index contributed by atoms with van der Waals surface area (Å²) in [5, 5.41) is 8.79. The van der Waals surface area contributed by atoms with Crippen molar-refractivity contribution in [3.63, 3.8) is 0 Å². The summed E-state index contributed by atoms with van der Waals surface area (Å²) in [6.07, 6.45) is 1.89. The highest BCUT2D eigenvalue weighted by Crippen LogP contribution is 2.10. The van der Waals surface area contributed by atoms with E-state index in [-0.39, 0.29) is 6.61 Å². The van der Waals surface area contributed by atoms with Crippen LogP contribution < -0.4 is 0 Å². The van der Waals surface area contributed by atoms with E-state index in [1.807, 2.05) is 0 Å². The molecule has 0 saturated carbocycles. The maximum atomic E-state index is 8.79. The smallest absolute Gasteiger partial charge is 0.0471 e. The molecule has 0 aromatic heterocycles. The fraction of sp³-hybridized carbons (Fsp3) is 0.500. The van der Waals surface area contributed by atoms with E-state index in [2.05, 4.69) is 38.1 Å². The first-order valence-electron chi connectivity index (χ1n) is 4.91. The van der Waals surface area contributed by atoms with Gasteiger partial charge in [-0.3, -0.25) is 0 Å². The maximum absolute atomic E-state index is 8.79. The summed E-state index contributed by atoms with van der Waals surface area (Å²) in [6.45, 7) is 4.68. The van der Waals surface area contributed by atoms with Gasteiger partial charge in [-0.1, -0.05) is 38.1 Å². The van der Waals surface area contributed by atoms with Crippen molar-refractivity contribution in [2.24, 2.45) is 5.92 Å². The van der Waals surface area contributed by atoms with Crippen LogP contribution in [0.5, 0.6) is 0 Å². The number of aliphatic hydroxyl groups excluding tert-OH is 1. The van der Waals surface area contributed by atoms with Gasteiger partial charge in [0.25, 0.3) is 0 Å². The lowest BCUT2D eigenvalue weighted by atomic mass is 10.0. The van der Waals surface area contributed by atoms with Gasteiger partial charge in [0.15, 0.2) is 0 Å². The van der Waals surface area contributed by atoms with Crippen LogP contribution in [0.1, 0.15) is 25.0 Å². The topological polar surface area (TPSA) is 20.2 Å². The Morgan fingerprint density at radius 3 is 2.54 bits per heavy atom. The molecule has 0 saturated heterocycles. The molecule has 0 heterocycles. The molecule has 0 fully saturated rings. The van der Waals surface area contributed by atoms with Crippen molar-refractivity contribution < 1.29 is 5.11 Å². The van der Waals surface area contributed by atoms with Crippen molar-refractivity contribution in [2.75, 3.05) is 6.61 Å². The lowest BCUT2D eigenvalue weighted by molar-refractivity contribution is 0.299. The molecule has 1 nitrogen and oxygen atoms in total. The molecule has 1 aromatic carbocycles. The van der Waals surface area contributed by atoms with E-state index in [9.17, 15) is 0 Å². The molecule has 0 unspecified atom stereocenters. The number of hydrogen-bond donors (Lipinski definition) is 1. The Balaban J connectivity index is 2.67. The van der Waals surface area contributed by atoms with Gasteiger partial charge in [-0.25, -0.2) is 0 Å². The molecule has 13 heavy (non-hydrogen) atoms. The second-order valence-electron chi connectivity index (χ2n) is 3.89. The first-order valence-corrected chi connectivity index (χ1v) is 4.91. The molecule has 1 N–H and O–H groups in total. The monoisotopic (exact) mass is 178 g/mol. The van der Waals surface area contributed by atoms with E-state index in [0.29, 0.717) is 5.92 Å². The summed E-state index contributed by atoms with van der Waals surface area (Å²) in [4.78, 5) is 0. The first kappa shape index (κ1) is 10.3. The minimum atomic E-state index is 0.241. The van der Waals surface area contributed by atoms with Crippen LogP contribution in [0.25, 0.3) is 0 Å². The Morgan fingerprint density at radius 2 is 1.92 bits per heavy atom. The second kappa shape index (κ2) is 5.03. The predicted octanol–water partition coefficient (Wildman–Crippen LogP) is 2.42. The minimum Gasteiger partial charge on any atom is -0.396 e. The number of benzene rings is 1. The Morgan fingerprint density at radius 1 is 1.23 bits per heavy atom. The Hall–Kier alpha value is -0.820. The zero-order valence-electron chi connectivity index (χ0n) is 8.46. The molecule has 1 rings (SSSR count). The van der Waals surface area contributed by atoms with E-state index >= 15 is 0 Å². The molecule has 1 heteroatoms. The molecular weight excluding hydrogens is 160 g/mol. The van der Waals surface area contributed by atoms with Crippen LogP contribution in [0.3, 0.4) is 0 Å².